The van der Waals surface area contributed by atoms with Crippen LogP contribution in [0, 0.1) is 0 Å². The predicted octanol–water partition coefficient (Wildman–Crippen LogP) is 1.88. The SMILES string of the molecule is CCOC[C@@H](COc1ccc(Cc2cc([C@@H]3O[C@H](CO)[C@@H](O)[C@H](O)[C@H]3O)ccc2Cl)cc1)OC. The molecule has 2 aromatic rings. The fourth-order valence-corrected chi connectivity index (χ4v) is 4.01. The Morgan fingerprint density at radius 1 is 1.00 bits per heavy atom. The summed E-state index contributed by atoms with van der Waals surface area (Å²) in [4.78, 5) is 0. The van der Waals surface area contributed by atoms with Crippen LogP contribution < -0.4 is 4.74 Å². The highest BCUT2D eigenvalue weighted by Crippen LogP contribution is 2.34. The van der Waals surface area contributed by atoms with Gasteiger partial charge in [-0.15, -0.1) is 0 Å². The maximum Gasteiger partial charge on any atom is 0.119 e. The van der Waals surface area contributed by atoms with E-state index in [0.29, 0.717) is 42.6 Å². The first kappa shape index (κ1) is 26.8. The Bertz CT molecular complexity index is 891. The van der Waals surface area contributed by atoms with Crippen LogP contribution in [0.15, 0.2) is 42.5 Å². The standard InChI is InChI=1S/C25H33ClO8/c1-3-32-13-19(31-2)14-33-18-7-4-15(5-8-18)10-17-11-16(6-9-20(17)26)25-24(30)23(29)22(28)21(12-27)34-25/h4-9,11,19,21-25,27-30H,3,10,12-14H2,1-2H3/t19-,21+,22+,23-,24+,25-/m0/s1. The topological polar surface area (TPSA) is 118 Å². The van der Waals surface area contributed by atoms with Crippen molar-refractivity contribution in [2.75, 3.05) is 33.5 Å². The number of aliphatic hydroxyl groups excluding tert-OH is 4. The number of methoxy groups -OCH3 is 1. The molecule has 2 aromatic carbocycles. The summed E-state index contributed by atoms with van der Waals surface area (Å²) in [5.41, 5.74) is 2.40. The van der Waals surface area contributed by atoms with Gasteiger partial charge in [0.05, 0.1) is 13.2 Å². The lowest BCUT2D eigenvalue weighted by Crippen LogP contribution is -2.55. The monoisotopic (exact) mass is 496 g/mol. The highest BCUT2D eigenvalue weighted by atomic mass is 35.5. The molecular formula is C25H33ClO8. The van der Waals surface area contributed by atoms with Crippen molar-refractivity contribution in [3.63, 3.8) is 0 Å². The number of benzene rings is 2. The summed E-state index contributed by atoms with van der Waals surface area (Å²) in [5.74, 6) is 0.712. The molecule has 34 heavy (non-hydrogen) atoms. The number of halogens is 1. The zero-order chi connectivity index (χ0) is 24.7. The molecule has 0 aliphatic carbocycles. The minimum atomic E-state index is -1.44. The van der Waals surface area contributed by atoms with Crippen LogP contribution in [-0.4, -0.2) is 84.5 Å². The molecule has 3 rings (SSSR count). The average Bonchev–Trinajstić information content (AvgIpc) is 2.85. The summed E-state index contributed by atoms with van der Waals surface area (Å²) in [6, 6.07) is 12.8. The molecule has 1 saturated heterocycles. The second kappa shape index (κ2) is 12.8. The van der Waals surface area contributed by atoms with Gasteiger partial charge < -0.3 is 39.4 Å². The van der Waals surface area contributed by atoms with Gasteiger partial charge in [0, 0.05) is 18.7 Å². The molecule has 188 valence electrons. The summed E-state index contributed by atoms with van der Waals surface area (Å²) >= 11 is 6.42. The fraction of sp³-hybridized carbons (Fsp3) is 0.520. The smallest absolute Gasteiger partial charge is 0.119 e. The van der Waals surface area contributed by atoms with Gasteiger partial charge in [-0.05, 0) is 48.2 Å². The van der Waals surface area contributed by atoms with Crippen LogP contribution >= 0.6 is 11.6 Å². The van der Waals surface area contributed by atoms with Crippen molar-refractivity contribution in [3.05, 3.63) is 64.2 Å². The summed E-state index contributed by atoms with van der Waals surface area (Å²) < 4.78 is 22.2. The molecule has 1 fully saturated rings. The van der Waals surface area contributed by atoms with Crippen molar-refractivity contribution in [3.8, 4) is 5.75 Å². The van der Waals surface area contributed by atoms with Gasteiger partial charge in [-0.25, -0.2) is 0 Å². The molecule has 0 amide bonds. The highest BCUT2D eigenvalue weighted by molar-refractivity contribution is 6.31. The molecule has 0 unspecified atom stereocenters. The van der Waals surface area contributed by atoms with Crippen molar-refractivity contribution in [2.24, 2.45) is 0 Å². The Morgan fingerprint density at radius 2 is 1.74 bits per heavy atom. The van der Waals surface area contributed by atoms with Crippen LogP contribution in [0.3, 0.4) is 0 Å². The maximum absolute atomic E-state index is 10.4. The van der Waals surface area contributed by atoms with Crippen LogP contribution in [-0.2, 0) is 20.6 Å². The van der Waals surface area contributed by atoms with Gasteiger partial charge in [0.1, 0.15) is 49.0 Å². The van der Waals surface area contributed by atoms with E-state index >= 15 is 0 Å². The minimum absolute atomic E-state index is 0.149. The van der Waals surface area contributed by atoms with E-state index in [1.807, 2.05) is 31.2 Å². The Labute approximate surface area is 204 Å². The Kier molecular flexibility index (Phi) is 10.1. The Morgan fingerprint density at radius 3 is 2.38 bits per heavy atom. The van der Waals surface area contributed by atoms with E-state index in [9.17, 15) is 20.4 Å². The molecule has 0 spiro atoms. The molecule has 9 heteroatoms. The summed E-state index contributed by atoms with van der Waals surface area (Å²) in [5, 5.41) is 40.5. The Balaban J connectivity index is 1.67. The van der Waals surface area contributed by atoms with Crippen LogP contribution in [0.1, 0.15) is 29.7 Å². The maximum atomic E-state index is 10.4. The van der Waals surface area contributed by atoms with Crippen molar-refractivity contribution < 1.29 is 39.4 Å². The fourth-order valence-electron chi connectivity index (χ4n) is 3.83. The van der Waals surface area contributed by atoms with Crippen LogP contribution in [0.5, 0.6) is 5.75 Å². The molecule has 0 saturated carbocycles. The van der Waals surface area contributed by atoms with Gasteiger partial charge in [0.25, 0.3) is 0 Å². The largest absolute Gasteiger partial charge is 0.491 e. The second-order valence-electron chi connectivity index (χ2n) is 8.25. The number of hydrogen-bond donors (Lipinski definition) is 4. The van der Waals surface area contributed by atoms with E-state index in [2.05, 4.69) is 0 Å². The molecule has 0 radical (unpaired) electrons. The lowest BCUT2D eigenvalue weighted by atomic mass is 9.90. The molecule has 8 nitrogen and oxygen atoms in total. The summed E-state index contributed by atoms with van der Waals surface area (Å²) in [7, 11) is 1.62. The zero-order valence-electron chi connectivity index (χ0n) is 19.3. The lowest BCUT2D eigenvalue weighted by molar-refractivity contribution is -0.231. The van der Waals surface area contributed by atoms with Crippen LogP contribution in [0.25, 0.3) is 0 Å². The van der Waals surface area contributed by atoms with Gasteiger partial charge in [-0.3, -0.25) is 0 Å². The van der Waals surface area contributed by atoms with Gasteiger partial charge in [-0.1, -0.05) is 35.9 Å². The van der Waals surface area contributed by atoms with Crippen molar-refractivity contribution in [2.45, 2.75) is 50.0 Å². The average molecular weight is 497 g/mol. The Hall–Kier alpha value is -1.75. The highest BCUT2D eigenvalue weighted by Gasteiger charge is 2.44. The van der Waals surface area contributed by atoms with Gasteiger partial charge in [0.2, 0.25) is 0 Å². The van der Waals surface area contributed by atoms with Crippen molar-refractivity contribution in [1.82, 2.24) is 0 Å². The molecule has 0 aromatic heterocycles. The van der Waals surface area contributed by atoms with E-state index in [1.165, 1.54) is 0 Å². The lowest BCUT2D eigenvalue weighted by Gasteiger charge is -2.40. The first-order valence-corrected chi connectivity index (χ1v) is 11.7. The third-order valence-electron chi connectivity index (χ3n) is 5.89. The molecule has 6 atom stereocenters. The van der Waals surface area contributed by atoms with Crippen LogP contribution in [0.2, 0.25) is 5.02 Å². The minimum Gasteiger partial charge on any atom is -0.491 e. The number of ether oxygens (including phenoxy) is 4. The first-order valence-electron chi connectivity index (χ1n) is 11.3. The molecular weight excluding hydrogens is 464 g/mol. The van der Waals surface area contributed by atoms with E-state index in [4.69, 9.17) is 30.5 Å². The predicted molar refractivity (Wildman–Crippen MR) is 126 cm³/mol. The molecule has 1 aliphatic rings. The van der Waals surface area contributed by atoms with E-state index in [1.54, 1.807) is 25.3 Å². The third kappa shape index (κ3) is 6.68. The van der Waals surface area contributed by atoms with E-state index in [-0.39, 0.29) is 6.10 Å². The summed E-state index contributed by atoms with van der Waals surface area (Å²) in [6.07, 6.45) is -5.69. The first-order chi connectivity index (χ1) is 16.4. The third-order valence-corrected chi connectivity index (χ3v) is 6.25. The quantitative estimate of drug-likeness (QED) is 0.372. The number of aliphatic hydroxyl groups is 4. The number of hydrogen-bond acceptors (Lipinski definition) is 8. The molecule has 0 bridgehead atoms. The van der Waals surface area contributed by atoms with Gasteiger partial charge in [0.15, 0.2) is 0 Å². The van der Waals surface area contributed by atoms with Crippen molar-refractivity contribution in [1.29, 1.82) is 0 Å². The molecule has 1 heterocycles. The molecule has 4 N–H and O–H groups in total. The number of rotatable bonds is 11. The van der Waals surface area contributed by atoms with Crippen molar-refractivity contribution >= 4 is 11.6 Å². The molecule has 1 aliphatic heterocycles. The van der Waals surface area contributed by atoms with E-state index in [0.717, 1.165) is 11.1 Å². The second-order valence-corrected chi connectivity index (χ2v) is 8.66. The van der Waals surface area contributed by atoms with E-state index < -0.39 is 37.1 Å². The summed E-state index contributed by atoms with van der Waals surface area (Å²) in [6.45, 7) is 2.91. The van der Waals surface area contributed by atoms with Gasteiger partial charge >= 0.3 is 0 Å². The normalized spacial score (nSPS) is 25.8. The van der Waals surface area contributed by atoms with Crippen LogP contribution in [0.4, 0.5) is 0 Å². The zero-order valence-corrected chi connectivity index (χ0v) is 20.1. The van der Waals surface area contributed by atoms with Gasteiger partial charge in [-0.2, -0.15) is 0 Å².